The molecule has 0 saturated heterocycles. The molecule has 0 aliphatic carbocycles. The summed E-state index contributed by atoms with van der Waals surface area (Å²) in [4.78, 5) is 14.9. The van der Waals surface area contributed by atoms with E-state index in [0.717, 1.165) is 0 Å². The van der Waals surface area contributed by atoms with E-state index in [0.29, 0.717) is 12.0 Å². The molecule has 0 aromatic carbocycles. The zero-order valence-corrected chi connectivity index (χ0v) is 10.4. The minimum Gasteiger partial charge on any atom is -0.478 e. The fourth-order valence-electron chi connectivity index (χ4n) is 1.62. The fraction of sp³-hybridized carbons (Fsp3) is 0.500. The second-order valence-electron chi connectivity index (χ2n) is 4.16. The first kappa shape index (κ1) is 15.3. The predicted molar refractivity (Wildman–Crippen MR) is 64.3 cm³/mol. The highest BCUT2D eigenvalue weighted by molar-refractivity contribution is 5.94. The minimum atomic E-state index is -4.15. The van der Waals surface area contributed by atoms with E-state index in [1.807, 2.05) is 0 Å². The SMILES string of the molecule is Cc1ccnc(NCCCCC(F)(F)F)c1C(=O)O. The van der Waals surface area contributed by atoms with Crippen molar-refractivity contribution in [3.8, 4) is 0 Å². The summed E-state index contributed by atoms with van der Waals surface area (Å²) in [5, 5.41) is 11.8. The Balaban J connectivity index is 2.50. The molecule has 0 spiro atoms. The van der Waals surface area contributed by atoms with Crippen LogP contribution in [-0.4, -0.2) is 28.8 Å². The molecule has 0 saturated carbocycles. The fourth-order valence-corrected chi connectivity index (χ4v) is 1.62. The maximum atomic E-state index is 11.9. The van der Waals surface area contributed by atoms with Gasteiger partial charge in [-0.2, -0.15) is 13.2 Å². The lowest BCUT2D eigenvalue weighted by molar-refractivity contribution is -0.135. The summed E-state index contributed by atoms with van der Waals surface area (Å²) >= 11 is 0. The number of aromatic carboxylic acids is 1. The Morgan fingerprint density at radius 3 is 2.68 bits per heavy atom. The van der Waals surface area contributed by atoms with Gasteiger partial charge in [0, 0.05) is 19.2 Å². The monoisotopic (exact) mass is 276 g/mol. The average molecular weight is 276 g/mol. The van der Waals surface area contributed by atoms with Crippen LogP contribution in [0.5, 0.6) is 0 Å². The van der Waals surface area contributed by atoms with Gasteiger partial charge in [-0.1, -0.05) is 0 Å². The summed E-state index contributed by atoms with van der Waals surface area (Å²) in [5.41, 5.74) is 0.610. The highest BCUT2D eigenvalue weighted by Gasteiger charge is 2.25. The van der Waals surface area contributed by atoms with Crippen molar-refractivity contribution < 1.29 is 23.1 Å². The number of hydrogen-bond acceptors (Lipinski definition) is 3. The molecule has 0 bridgehead atoms. The molecular weight excluding hydrogens is 261 g/mol. The molecule has 1 heterocycles. The van der Waals surface area contributed by atoms with Crippen LogP contribution in [0, 0.1) is 6.92 Å². The minimum absolute atomic E-state index is 0.00468. The number of carboxylic acid groups (broad SMARTS) is 1. The second kappa shape index (κ2) is 6.40. The quantitative estimate of drug-likeness (QED) is 0.783. The van der Waals surface area contributed by atoms with E-state index >= 15 is 0 Å². The van der Waals surface area contributed by atoms with Crippen LogP contribution in [0.15, 0.2) is 12.3 Å². The van der Waals surface area contributed by atoms with Crippen LogP contribution in [0.4, 0.5) is 19.0 Å². The Hall–Kier alpha value is -1.79. The van der Waals surface area contributed by atoms with Crippen LogP contribution < -0.4 is 5.32 Å². The van der Waals surface area contributed by atoms with Crippen LogP contribution in [0.25, 0.3) is 0 Å². The summed E-state index contributed by atoms with van der Waals surface area (Å²) in [7, 11) is 0. The Morgan fingerprint density at radius 1 is 1.42 bits per heavy atom. The number of nitrogens with one attached hydrogen (secondary N) is 1. The smallest absolute Gasteiger partial charge is 0.389 e. The molecule has 0 aliphatic heterocycles. The number of aromatic nitrogens is 1. The van der Waals surface area contributed by atoms with E-state index in [-0.39, 0.29) is 24.3 Å². The number of aryl methyl sites for hydroxylation is 1. The molecule has 2 N–H and O–H groups in total. The number of carboxylic acids is 1. The molecule has 1 aromatic rings. The molecule has 1 rings (SSSR count). The van der Waals surface area contributed by atoms with Crippen molar-refractivity contribution in [3.63, 3.8) is 0 Å². The van der Waals surface area contributed by atoms with E-state index in [4.69, 9.17) is 5.11 Å². The first-order chi connectivity index (χ1) is 8.81. The molecule has 0 unspecified atom stereocenters. The van der Waals surface area contributed by atoms with Crippen LogP contribution >= 0.6 is 0 Å². The van der Waals surface area contributed by atoms with Gasteiger partial charge >= 0.3 is 12.1 Å². The number of alkyl halides is 3. The highest BCUT2D eigenvalue weighted by Crippen LogP contribution is 2.22. The lowest BCUT2D eigenvalue weighted by Crippen LogP contribution is -2.12. The van der Waals surface area contributed by atoms with E-state index in [9.17, 15) is 18.0 Å². The van der Waals surface area contributed by atoms with E-state index < -0.39 is 18.6 Å². The van der Waals surface area contributed by atoms with E-state index in [1.165, 1.54) is 6.20 Å². The maximum Gasteiger partial charge on any atom is 0.389 e. The number of hydrogen-bond donors (Lipinski definition) is 2. The first-order valence-corrected chi connectivity index (χ1v) is 5.81. The van der Waals surface area contributed by atoms with Crippen LogP contribution in [-0.2, 0) is 0 Å². The normalized spacial score (nSPS) is 11.4. The van der Waals surface area contributed by atoms with Gasteiger partial charge in [-0.15, -0.1) is 0 Å². The van der Waals surface area contributed by atoms with Crippen molar-refractivity contribution >= 4 is 11.8 Å². The van der Waals surface area contributed by atoms with Crippen molar-refractivity contribution in [2.24, 2.45) is 0 Å². The van der Waals surface area contributed by atoms with Crippen molar-refractivity contribution in [3.05, 3.63) is 23.4 Å². The third-order valence-electron chi connectivity index (χ3n) is 2.55. The molecular formula is C12H15F3N2O2. The molecule has 4 nitrogen and oxygen atoms in total. The van der Waals surface area contributed by atoms with Gasteiger partial charge in [0.25, 0.3) is 0 Å². The first-order valence-electron chi connectivity index (χ1n) is 5.81. The molecule has 0 atom stereocenters. The molecule has 0 fully saturated rings. The molecule has 1 aromatic heterocycles. The van der Waals surface area contributed by atoms with Gasteiger partial charge in [-0.3, -0.25) is 0 Å². The Labute approximate surface area is 108 Å². The molecule has 0 aliphatic rings. The van der Waals surface area contributed by atoms with Crippen molar-refractivity contribution in [2.45, 2.75) is 32.4 Å². The number of pyridine rings is 1. The van der Waals surface area contributed by atoms with Crippen molar-refractivity contribution in [2.75, 3.05) is 11.9 Å². The molecule has 0 amide bonds. The second-order valence-corrected chi connectivity index (χ2v) is 4.16. The lowest BCUT2D eigenvalue weighted by atomic mass is 10.1. The van der Waals surface area contributed by atoms with Crippen LogP contribution in [0.1, 0.15) is 35.2 Å². The van der Waals surface area contributed by atoms with Crippen LogP contribution in [0.2, 0.25) is 0 Å². The van der Waals surface area contributed by atoms with Gasteiger partial charge in [0.15, 0.2) is 0 Å². The topological polar surface area (TPSA) is 62.2 Å². The van der Waals surface area contributed by atoms with Gasteiger partial charge in [0.2, 0.25) is 0 Å². The Bertz CT molecular complexity index is 447. The molecule has 19 heavy (non-hydrogen) atoms. The summed E-state index contributed by atoms with van der Waals surface area (Å²) < 4.78 is 35.8. The average Bonchev–Trinajstić information content (AvgIpc) is 2.26. The van der Waals surface area contributed by atoms with Gasteiger partial charge in [-0.05, 0) is 31.4 Å². The number of carbonyl (C=O) groups is 1. The number of rotatable bonds is 6. The third kappa shape index (κ3) is 5.15. The third-order valence-corrected chi connectivity index (χ3v) is 2.55. The van der Waals surface area contributed by atoms with Gasteiger partial charge in [0.05, 0.1) is 0 Å². The molecule has 7 heteroatoms. The van der Waals surface area contributed by atoms with E-state index in [1.54, 1.807) is 13.0 Å². The maximum absolute atomic E-state index is 11.9. The number of unbranched alkanes of at least 4 members (excludes halogenated alkanes) is 1. The van der Waals surface area contributed by atoms with Gasteiger partial charge in [-0.25, -0.2) is 9.78 Å². The van der Waals surface area contributed by atoms with Crippen LogP contribution in [0.3, 0.4) is 0 Å². The predicted octanol–water partition coefficient (Wildman–Crippen LogP) is 3.23. The standard InChI is InChI=1S/C12H15F3N2O2/c1-8-4-7-17-10(9(8)11(18)19)16-6-3-2-5-12(13,14)15/h4,7H,2-3,5-6H2,1H3,(H,16,17)(H,18,19). The number of halogens is 3. The zero-order valence-electron chi connectivity index (χ0n) is 10.4. The van der Waals surface area contributed by atoms with Gasteiger partial charge < -0.3 is 10.4 Å². The summed E-state index contributed by atoms with van der Waals surface area (Å²) in [5.74, 6) is -0.914. The van der Waals surface area contributed by atoms with Crippen molar-refractivity contribution in [1.82, 2.24) is 4.98 Å². The summed E-state index contributed by atoms with van der Waals surface area (Å²) in [6.45, 7) is 1.90. The van der Waals surface area contributed by atoms with E-state index in [2.05, 4.69) is 10.3 Å². The Morgan fingerprint density at radius 2 is 2.11 bits per heavy atom. The highest BCUT2D eigenvalue weighted by atomic mass is 19.4. The lowest BCUT2D eigenvalue weighted by Gasteiger charge is -2.10. The number of nitrogens with zero attached hydrogens (tertiary/aromatic N) is 1. The Kier molecular flexibility index (Phi) is 5.14. The van der Waals surface area contributed by atoms with Gasteiger partial charge in [0.1, 0.15) is 11.4 Å². The number of anilines is 1. The van der Waals surface area contributed by atoms with Crippen molar-refractivity contribution in [1.29, 1.82) is 0 Å². The molecule has 0 radical (unpaired) electrons. The zero-order chi connectivity index (χ0) is 14.5. The largest absolute Gasteiger partial charge is 0.478 e. The summed E-state index contributed by atoms with van der Waals surface area (Å²) in [6.07, 6.45) is -3.21. The molecule has 106 valence electrons. The summed E-state index contributed by atoms with van der Waals surface area (Å²) in [6, 6.07) is 1.57.